The van der Waals surface area contributed by atoms with Gasteiger partial charge in [-0.2, -0.15) is 0 Å². The summed E-state index contributed by atoms with van der Waals surface area (Å²) in [7, 11) is 0. The largest absolute Gasteiger partial charge is 0.489 e. The van der Waals surface area contributed by atoms with Gasteiger partial charge in [-0.05, 0) is 35.4 Å². The molecule has 0 atom stereocenters. The molecule has 2 aromatic rings. The lowest BCUT2D eigenvalue weighted by Crippen LogP contribution is -1.96. The molecule has 0 radical (unpaired) electrons. The van der Waals surface area contributed by atoms with Gasteiger partial charge in [0.25, 0.3) is 0 Å². The SMILES string of the molecule is Fc1cc(COc2cccc(CCl)c2)ccc1Cl. The second kappa shape index (κ2) is 6.07. The number of rotatable bonds is 4. The van der Waals surface area contributed by atoms with Crippen LogP contribution in [0.25, 0.3) is 0 Å². The molecular formula is C14H11Cl2FO. The van der Waals surface area contributed by atoms with Gasteiger partial charge < -0.3 is 4.74 Å². The van der Waals surface area contributed by atoms with Crippen LogP contribution in [0.2, 0.25) is 5.02 Å². The van der Waals surface area contributed by atoms with E-state index in [2.05, 4.69) is 0 Å². The van der Waals surface area contributed by atoms with Crippen molar-refractivity contribution in [1.29, 1.82) is 0 Å². The van der Waals surface area contributed by atoms with E-state index in [1.807, 2.05) is 24.3 Å². The van der Waals surface area contributed by atoms with E-state index in [0.717, 1.165) is 11.1 Å². The molecule has 0 fully saturated rings. The zero-order valence-corrected chi connectivity index (χ0v) is 11.0. The average molecular weight is 285 g/mol. The lowest BCUT2D eigenvalue weighted by molar-refractivity contribution is 0.305. The Bertz CT molecular complexity index is 543. The maximum absolute atomic E-state index is 13.2. The third-order valence-electron chi connectivity index (χ3n) is 2.44. The molecule has 0 saturated heterocycles. The number of benzene rings is 2. The monoisotopic (exact) mass is 284 g/mol. The summed E-state index contributed by atoms with van der Waals surface area (Å²) in [5.41, 5.74) is 1.71. The molecule has 18 heavy (non-hydrogen) atoms. The minimum atomic E-state index is -0.438. The molecule has 0 N–H and O–H groups in total. The maximum atomic E-state index is 13.2. The van der Waals surface area contributed by atoms with E-state index in [1.54, 1.807) is 6.07 Å². The van der Waals surface area contributed by atoms with Crippen LogP contribution in [-0.2, 0) is 12.5 Å². The second-order valence-electron chi connectivity index (χ2n) is 3.82. The topological polar surface area (TPSA) is 9.23 Å². The quantitative estimate of drug-likeness (QED) is 0.733. The fraction of sp³-hybridized carbons (Fsp3) is 0.143. The highest BCUT2D eigenvalue weighted by molar-refractivity contribution is 6.30. The van der Waals surface area contributed by atoms with Crippen LogP contribution in [0.1, 0.15) is 11.1 Å². The van der Waals surface area contributed by atoms with E-state index in [-0.39, 0.29) is 5.02 Å². The molecule has 0 spiro atoms. The zero-order chi connectivity index (χ0) is 13.0. The summed E-state index contributed by atoms with van der Waals surface area (Å²) in [6.45, 7) is 0.291. The van der Waals surface area contributed by atoms with Crippen molar-refractivity contribution in [3.05, 3.63) is 64.4 Å². The van der Waals surface area contributed by atoms with Crippen molar-refractivity contribution >= 4 is 23.2 Å². The van der Waals surface area contributed by atoms with Crippen molar-refractivity contribution < 1.29 is 9.13 Å². The number of alkyl halides is 1. The van der Waals surface area contributed by atoms with E-state index < -0.39 is 5.82 Å². The number of halogens is 3. The van der Waals surface area contributed by atoms with E-state index in [4.69, 9.17) is 27.9 Å². The molecule has 0 aliphatic rings. The minimum absolute atomic E-state index is 0.114. The predicted molar refractivity (Wildman–Crippen MR) is 71.7 cm³/mol. The maximum Gasteiger partial charge on any atom is 0.142 e. The third-order valence-corrected chi connectivity index (χ3v) is 3.06. The Labute approximate surface area is 115 Å². The summed E-state index contributed by atoms with van der Waals surface area (Å²) in [6.07, 6.45) is 0. The van der Waals surface area contributed by atoms with Gasteiger partial charge in [0, 0.05) is 5.88 Å². The molecule has 2 rings (SSSR count). The molecule has 0 heterocycles. The highest BCUT2D eigenvalue weighted by Gasteiger charge is 2.02. The zero-order valence-electron chi connectivity index (χ0n) is 9.50. The lowest BCUT2D eigenvalue weighted by Gasteiger charge is -2.07. The van der Waals surface area contributed by atoms with Crippen LogP contribution in [0.5, 0.6) is 5.75 Å². The van der Waals surface area contributed by atoms with Crippen LogP contribution in [0.4, 0.5) is 4.39 Å². The van der Waals surface area contributed by atoms with Gasteiger partial charge in [0.05, 0.1) is 5.02 Å². The van der Waals surface area contributed by atoms with Gasteiger partial charge in [-0.15, -0.1) is 11.6 Å². The van der Waals surface area contributed by atoms with Crippen LogP contribution in [-0.4, -0.2) is 0 Å². The van der Waals surface area contributed by atoms with Gasteiger partial charge in [0.1, 0.15) is 18.2 Å². The standard InChI is InChI=1S/C14H11Cl2FO/c15-8-10-2-1-3-12(6-10)18-9-11-4-5-13(16)14(17)7-11/h1-7H,8-9H2. The molecule has 1 nitrogen and oxygen atoms in total. The summed E-state index contributed by atoms with van der Waals surface area (Å²) >= 11 is 11.3. The Morgan fingerprint density at radius 3 is 2.61 bits per heavy atom. The Morgan fingerprint density at radius 1 is 1.06 bits per heavy atom. The third kappa shape index (κ3) is 3.37. The van der Waals surface area contributed by atoms with Gasteiger partial charge in [0.2, 0.25) is 0 Å². The highest BCUT2D eigenvalue weighted by Crippen LogP contribution is 2.19. The van der Waals surface area contributed by atoms with E-state index in [0.29, 0.717) is 18.2 Å². The van der Waals surface area contributed by atoms with Crippen molar-refractivity contribution in [2.75, 3.05) is 0 Å². The van der Waals surface area contributed by atoms with E-state index in [1.165, 1.54) is 12.1 Å². The number of hydrogen-bond acceptors (Lipinski definition) is 1. The van der Waals surface area contributed by atoms with Gasteiger partial charge in [-0.3, -0.25) is 0 Å². The van der Waals surface area contributed by atoms with Crippen molar-refractivity contribution in [3.63, 3.8) is 0 Å². The fourth-order valence-corrected chi connectivity index (χ4v) is 1.80. The first-order valence-electron chi connectivity index (χ1n) is 5.40. The first-order chi connectivity index (χ1) is 8.69. The first kappa shape index (κ1) is 13.2. The van der Waals surface area contributed by atoms with Crippen LogP contribution in [0.3, 0.4) is 0 Å². The Morgan fingerprint density at radius 2 is 1.89 bits per heavy atom. The van der Waals surface area contributed by atoms with Crippen LogP contribution >= 0.6 is 23.2 Å². The summed E-state index contributed by atoms with van der Waals surface area (Å²) in [5.74, 6) is 0.711. The Balaban J connectivity index is 2.04. The molecule has 0 aliphatic carbocycles. The predicted octanol–water partition coefficient (Wildman–Crippen LogP) is 4.80. The molecule has 94 valence electrons. The molecule has 0 unspecified atom stereocenters. The smallest absolute Gasteiger partial charge is 0.142 e. The molecule has 0 amide bonds. The second-order valence-corrected chi connectivity index (χ2v) is 4.49. The molecule has 0 saturated carbocycles. The van der Waals surface area contributed by atoms with Crippen molar-refractivity contribution in [2.45, 2.75) is 12.5 Å². The minimum Gasteiger partial charge on any atom is -0.489 e. The molecule has 0 bridgehead atoms. The fourth-order valence-electron chi connectivity index (χ4n) is 1.51. The lowest BCUT2D eigenvalue weighted by atomic mass is 10.2. The van der Waals surface area contributed by atoms with E-state index in [9.17, 15) is 4.39 Å². The van der Waals surface area contributed by atoms with Crippen LogP contribution in [0, 0.1) is 5.82 Å². The number of hydrogen-bond donors (Lipinski definition) is 0. The Kier molecular flexibility index (Phi) is 4.45. The van der Waals surface area contributed by atoms with Crippen molar-refractivity contribution in [1.82, 2.24) is 0 Å². The summed E-state index contributed by atoms with van der Waals surface area (Å²) < 4.78 is 18.8. The van der Waals surface area contributed by atoms with Gasteiger partial charge in [-0.25, -0.2) is 4.39 Å². The summed E-state index contributed by atoms with van der Waals surface area (Å²) in [5, 5.41) is 0.114. The first-order valence-corrected chi connectivity index (χ1v) is 6.32. The summed E-state index contributed by atoms with van der Waals surface area (Å²) in [6, 6.07) is 12.1. The molecular weight excluding hydrogens is 274 g/mol. The average Bonchev–Trinajstić information content (AvgIpc) is 2.40. The van der Waals surface area contributed by atoms with Gasteiger partial charge in [-0.1, -0.05) is 29.8 Å². The highest BCUT2D eigenvalue weighted by atomic mass is 35.5. The van der Waals surface area contributed by atoms with Gasteiger partial charge in [0.15, 0.2) is 0 Å². The molecule has 2 aromatic carbocycles. The molecule has 4 heteroatoms. The van der Waals surface area contributed by atoms with Crippen molar-refractivity contribution in [3.8, 4) is 5.75 Å². The van der Waals surface area contributed by atoms with E-state index >= 15 is 0 Å². The molecule has 0 aliphatic heterocycles. The van der Waals surface area contributed by atoms with Crippen LogP contribution in [0.15, 0.2) is 42.5 Å². The molecule has 0 aromatic heterocycles. The summed E-state index contributed by atoms with van der Waals surface area (Å²) in [4.78, 5) is 0. The normalized spacial score (nSPS) is 10.4. The Hall–Kier alpha value is -1.25. The number of ether oxygens (including phenoxy) is 1. The van der Waals surface area contributed by atoms with Crippen molar-refractivity contribution in [2.24, 2.45) is 0 Å². The van der Waals surface area contributed by atoms with Crippen LogP contribution < -0.4 is 4.74 Å². The van der Waals surface area contributed by atoms with Gasteiger partial charge >= 0.3 is 0 Å².